The highest BCUT2D eigenvalue weighted by Gasteiger charge is 2.36. The molecule has 20 heavy (non-hydrogen) atoms. The Balaban J connectivity index is 1.56. The number of aromatic nitrogens is 3. The van der Waals surface area contributed by atoms with Crippen LogP contribution in [0.5, 0.6) is 0 Å². The number of carbonyl (C=O) groups is 1. The molecule has 2 fully saturated rings. The van der Waals surface area contributed by atoms with E-state index in [9.17, 15) is 4.79 Å². The Morgan fingerprint density at radius 1 is 1.40 bits per heavy atom. The Labute approximate surface area is 119 Å². The number of piperidine rings is 1. The van der Waals surface area contributed by atoms with E-state index in [-0.39, 0.29) is 5.91 Å². The van der Waals surface area contributed by atoms with Gasteiger partial charge in [0.15, 0.2) is 0 Å². The summed E-state index contributed by atoms with van der Waals surface area (Å²) in [5.74, 6) is 0.245. The van der Waals surface area contributed by atoms with Crippen molar-refractivity contribution >= 4 is 5.91 Å². The standard InChI is InChI=1S/C14H23N5O/c1-2-19(13-9-11-3-4-12(10-13)16-11)14(20)5-7-18-8-6-15-17-18/h6,8,11-13,16H,2-5,7,9-10H2,1H3. The van der Waals surface area contributed by atoms with Crippen LogP contribution < -0.4 is 5.32 Å². The van der Waals surface area contributed by atoms with Crippen LogP contribution in [0.15, 0.2) is 12.4 Å². The van der Waals surface area contributed by atoms with Gasteiger partial charge in [-0.05, 0) is 32.6 Å². The lowest BCUT2D eigenvalue weighted by Gasteiger charge is -2.37. The first-order valence-corrected chi connectivity index (χ1v) is 7.66. The van der Waals surface area contributed by atoms with E-state index in [4.69, 9.17) is 0 Å². The molecule has 1 aromatic rings. The summed E-state index contributed by atoms with van der Waals surface area (Å²) >= 11 is 0. The van der Waals surface area contributed by atoms with Crippen LogP contribution in [0, 0.1) is 0 Å². The van der Waals surface area contributed by atoms with Crippen LogP contribution in [-0.2, 0) is 11.3 Å². The number of fused-ring (bicyclic) bond motifs is 2. The van der Waals surface area contributed by atoms with Gasteiger partial charge >= 0.3 is 0 Å². The first-order chi connectivity index (χ1) is 9.76. The molecule has 2 aliphatic rings. The first kappa shape index (κ1) is 13.5. The molecule has 1 amide bonds. The average Bonchev–Trinajstić information content (AvgIpc) is 3.07. The lowest BCUT2D eigenvalue weighted by molar-refractivity contribution is -0.134. The first-order valence-electron chi connectivity index (χ1n) is 7.66. The predicted molar refractivity (Wildman–Crippen MR) is 75.0 cm³/mol. The summed E-state index contributed by atoms with van der Waals surface area (Å²) in [5.41, 5.74) is 0. The van der Waals surface area contributed by atoms with Gasteiger partial charge < -0.3 is 10.2 Å². The minimum absolute atomic E-state index is 0.245. The van der Waals surface area contributed by atoms with Crippen molar-refractivity contribution in [1.82, 2.24) is 25.2 Å². The van der Waals surface area contributed by atoms with E-state index in [1.165, 1.54) is 12.8 Å². The second-order valence-electron chi connectivity index (χ2n) is 5.86. The number of rotatable bonds is 5. The molecule has 2 saturated heterocycles. The second-order valence-corrected chi connectivity index (χ2v) is 5.86. The maximum Gasteiger partial charge on any atom is 0.224 e. The van der Waals surface area contributed by atoms with E-state index in [1.54, 1.807) is 17.1 Å². The summed E-state index contributed by atoms with van der Waals surface area (Å²) in [5, 5.41) is 11.3. The zero-order chi connectivity index (χ0) is 13.9. The van der Waals surface area contributed by atoms with Gasteiger partial charge in [-0.1, -0.05) is 5.21 Å². The molecule has 0 spiro atoms. The molecule has 2 aliphatic heterocycles. The van der Waals surface area contributed by atoms with E-state index < -0.39 is 0 Å². The van der Waals surface area contributed by atoms with Crippen molar-refractivity contribution in [3.05, 3.63) is 12.4 Å². The molecule has 2 bridgehead atoms. The number of nitrogens with zero attached hydrogens (tertiary/aromatic N) is 4. The van der Waals surface area contributed by atoms with E-state index in [0.717, 1.165) is 19.4 Å². The highest BCUT2D eigenvalue weighted by atomic mass is 16.2. The Kier molecular flexibility index (Phi) is 4.00. The van der Waals surface area contributed by atoms with Crippen molar-refractivity contribution in [3.63, 3.8) is 0 Å². The Morgan fingerprint density at radius 3 is 2.75 bits per heavy atom. The normalized spacial score (nSPS) is 28.6. The van der Waals surface area contributed by atoms with E-state index >= 15 is 0 Å². The molecule has 0 aliphatic carbocycles. The number of hydrogen-bond acceptors (Lipinski definition) is 4. The van der Waals surface area contributed by atoms with Gasteiger partial charge in [0.1, 0.15) is 0 Å². The maximum atomic E-state index is 12.4. The summed E-state index contributed by atoms with van der Waals surface area (Å²) in [4.78, 5) is 14.5. The second kappa shape index (κ2) is 5.91. The molecule has 0 radical (unpaired) electrons. The Hall–Kier alpha value is -1.43. The van der Waals surface area contributed by atoms with Crippen LogP contribution in [0.25, 0.3) is 0 Å². The number of amides is 1. The smallest absolute Gasteiger partial charge is 0.224 e. The molecule has 0 saturated carbocycles. The van der Waals surface area contributed by atoms with Gasteiger partial charge in [0, 0.05) is 37.3 Å². The van der Waals surface area contributed by atoms with Gasteiger partial charge in [-0.15, -0.1) is 5.10 Å². The van der Waals surface area contributed by atoms with Crippen molar-refractivity contribution in [2.75, 3.05) is 6.54 Å². The van der Waals surface area contributed by atoms with Gasteiger partial charge in [0.25, 0.3) is 0 Å². The molecule has 3 heterocycles. The highest BCUT2D eigenvalue weighted by molar-refractivity contribution is 5.76. The van der Waals surface area contributed by atoms with Crippen molar-refractivity contribution in [2.45, 2.75) is 63.7 Å². The summed E-state index contributed by atoms with van der Waals surface area (Å²) < 4.78 is 1.72. The molecule has 3 rings (SSSR count). The van der Waals surface area contributed by atoms with Crippen LogP contribution in [-0.4, -0.2) is 50.5 Å². The molecular formula is C14H23N5O. The van der Waals surface area contributed by atoms with Gasteiger partial charge in [-0.3, -0.25) is 9.48 Å². The monoisotopic (exact) mass is 277 g/mol. The molecule has 1 N–H and O–H groups in total. The minimum atomic E-state index is 0.245. The van der Waals surface area contributed by atoms with Crippen molar-refractivity contribution < 1.29 is 4.79 Å². The van der Waals surface area contributed by atoms with Crippen LogP contribution in [0.1, 0.15) is 39.0 Å². The third-order valence-corrected chi connectivity index (χ3v) is 4.58. The number of hydrogen-bond donors (Lipinski definition) is 1. The van der Waals surface area contributed by atoms with Crippen molar-refractivity contribution in [3.8, 4) is 0 Å². The molecule has 6 nitrogen and oxygen atoms in total. The summed E-state index contributed by atoms with van der Waals surface area (Å²) in [6, 6.07) is 1.66. The third-order valence-electron chi connectivity index (χ3n) is 4.58. The fourth-order valence-corrected chi connectivity index (χ4v) is 3.63. The largest absolute Gasteiger partial charge is 0.340 e. The number of aryl methyl sites for hydroxylation is 1. The van der Waals surface area contributed by atoms with Crippen molar-refractivity contribution in [2.24, 2.45) is 0 Å². The van der Waals surface area contributed by atoms with Gasteiger partial charge in [-0.2, -0.15) is 0 Å². The fraction of sp³-hybridized carbons (Fsp3) is 0.786. The summed E-state index contributed by atoms with van der Waals surface area (Å²) in [6.45, 7) is 3.50. The van der Waals surface area contributed by atoms with Gasteiger partial charge in [-0.25, -0.2) is 0 Å². The van der Waals surface area contributed by atoms with Crippen LogP contribution in [0.3, 0.4) is 0 Å². The van der Waals surface area contributed by atoms with Crippen LogP contribution in [0.4, 0.5) is 0 Å². The molecule has 0 aromatic carbocycles. The SMILES string of the molecule is CCN(C(=O)CCn1ccnn1)C1CC2CCC(C1)N2. The predicted octanol–water partition coefficient (Wildman–Crippen LogP) is 0.800. The Bertz CT molecular complexity index is 434. The van der Waals surface area contributed by atoms with Gasteiger partial charge in [0.05, 0.1) is 12.7 Å². The highest BCUT2D eigenvalue weighted by Crippen LogP contribution is 2.29. The summed E-state index contributed by atoms with van der Waals surface area (Å²) in [6.07, 6.45) is 8.72. The molecular weight excluding hydrogens is 254 g/mol. The molecule has 2 unspecified atom stereocenters. The molecule has 6 heteroatoms. The number of nitrogens with one attached hydrogen (secondary N) is 1. The number of carbonyl (C=O) groups excluding carboxylic acids is 1. The van der Waals surface area contributed by atoms with E-state index in [2.05, 4.69) is 27.5 Å². The Morgan fingerprint density at radius 2 is 2.15 bits per heavy atom. The fourth-order valence-electron chi connectivity index (χ4n) is 3.63. The third kappa shape index (κ3) is 2.85. The molecule has 2 atom stereocenters. The quantitative estimate of drug-likeness (QED) is 0.864. The van der Waals surface area contributed by atoms with Gasteiger partial charge in [0.2, 0.25) is 5.91 Å². The lowest BCUT2D eigenvalue weighted by Crippen LogP contribution is -2.50. The zero-order valence-electron chi connectivity index (χ0n) is 12.0. The van der Waals surface area contributed by atoms with Crippen LogP contribution in [0.2, 0.25) is 0 Å². The van der Waals surface area contributed by atoms with Crippen LogP contribution >= 0.6 is 0 Å². The topological polar surface area (TPSA) is 63.1 Å². The molecule has 1 aromatic heterocycles. The maximum absolute atomic E-state index is 12.4. The molecule has 110 valence electrons. The van der Waals surface area contributed by atoms with E-state index in [0.29, 0.717) is 31.1 Å². The summed E-state index contributed by atoms with van der Waals surface area (Å²) in [7, 11) is 0. The minimum Gasteiger partial charge on any atom is -0.340 e. The average molecular weight is 277 g/mol. The van der Waals surface area contributed by atoms with Crippen molar-refractivity contribution in [1.29, 1.82) is 0 Å². The van der Waals surface area contributed by atoms with E-state index in [1.807, 2.05) is 0 Å². The lowest BCUT2D eigenvalue weighted by atomic mass is 9.98. The zero-order valence-corrected chi connectivity index (χ0v) is 12.0.